The molecule has 1 aromatic heterocycles. The van der Waals surface area contributed by atoms with E-state index in [0.29, 0.717) is 17.6 Å². The van der Waals surface area contributed by atoms with Crippen molar-refractivity contribution in [2.45, 2.75) is 13.8 Å². The highest BCUT2D eigenvalue weighted by Gasteiger charge is 2.16. The summed E-state index contributed by atoms with van der Waals surface area (Å²) in [7, 11) is 0. The quantitative estimate of drug-likeness (QED) is 0.430. The highest BCUT2D eigenvalue weighted by atomic mass is 16.3. The van der Waals surface area contributed by atoms with Gasteiger partial charge in [-0.25, -0.2) is 0 Å². The topological polar surface area (TPSA) is 47.3 Å². The molecule has 78 valence electrons. The first-order chi connectivity index (χ1) is 6.97. The van der Waals surface area contributed by atoms with E-state index in [-0.39, 0.29) is 17.1 Å². The van der Waals surface area contributed by atoms with Crippen LogP contribution >= 0.6 is 0 Å². The van der Waals surface area contributed by atoms with E-state index in [0.717, 1.165) is 5.57 Å². The molecule has 0 aliphatic carbocycles. The van der Waals surface area contributed by atoms with Gasteiger partial charge in [0.1, 0.15) is 5.76 Å². The Bertz CT molecular complexity index is 449. The summed E-state index contributed by atoms with van der Waals surface area (Å²) in [4.78, 5) is 21.7. The van der Waals surface area contributed by atoms with E-state index in [1.807, 2.05) is 0 Å². The van der Waals surface area contributed by atoms with Gasteiger partial charge in [-0.15, -0.1) is 0 Å². The van der Waals surface area contributed by atoms with Gasteiger partial charge in [-0.2, -0.15) is 0 Å². The van der Waals surface area contributed by atoms with Crippen molar-refractivity contribution in [2.24, 2.45) is 0 Å². The molecule has 15 heavy (non-hydrogen) atoms. The van der Waals surface area contributed by atoms with Gasteiger partial charge in [0.05, 0.1) is 5.57 Å². The fourth-order valence-corrected chi connectivity index (χ4v) is 1.17. The van der Waals surface area contributed by atoms with Gasteiger partial charge in [0.25, 0.3) is 0 Å². The number of allylic oxidation sites excluding steroid dienone is 2. The lowest BCUT2D eigenvalue weighted by Gasteiger charge is -1.97. The average molecular weight is 204 g/mol. The first-order valence-electron chi connectivity index (χ1n) is 4.42. The molecule has 1 aromatic rings. The van der Waals surface area contributed by atoms with Crippen LogP contribution in [0.5, 0.6) is 0 Å². The van der Waals surface area contributed by atoms with Crippen LogP contribution in [0.25, 0.3) is 11.1 Å². The number of carbonyl (C=O) groups excluding carboxylic acids is 2. The van der Waals surface area contributed by atoms with Crippen LogP contribution in [0.1, 0.15) is 35.7 Å². The van der Waals surface area contributed by atoms with Crippen molar-refractivity contribution < 1.29 is 14.0 Å². The van der Waals surface area contributed by atoms with E-state index in [2.05, 4.69) is 13.2 Å². The minimum Gasteiger partial charge on any atom is -0.452 e. The molecule has 0 fully saturated rings. The van der Waals surface area contributed by atoms with Crippen molar-refractivity contribution >= 4 is 23.2 Å². The molecule has 0 atom stereocenters. The summed E-state index contributed by atoms with van der Waals surface area (Å²) in [5, 5.41) is 0. The second-order valence-corrected chi connectivity index (χ2v) is 3.33. The van der Waals surface area contributed by atoms with E-state index >= 15 is 0 Å². The first kappa shape index (κ1) is 11.2. The highest BCUT2D eigenvalue weighted by Crippen LogP contribution is 2.26. The summed E-state index contributed by atoms with van der Waals surface area (Å²) in [5.74, 6) is 0.344. The lowest BCUT2D eigenvalue weighted by atomic mass is 10.1. The van der Waals surface area contributed by atoms with Crippen LogP contribution < -0.4 is 0 Å². The maximum atomic E-state index is 11.1. The number of furan rings is 1. The zero-order valence-electron chi connectivity index (χ0n) is 8.79. The maximum absolute atomic E-state index is 11.1. The van der Waals surface area contributed by atoms with Gasteiger partial charge in [0.2, 0.25) is 0 Å². The van der Waals surface area contributed by atoms with Crippen molar-refractivity contribution in [2.75, 3.05) is 0 Å². The second kappa shape index (κ2) is 4.09. The number of rotatable bonds is 4. The fourth-order valence-electron chi connectivity index (χ4n) is 1.17. The molecule has 1 heterocycles. The summed E-state index contributed by atoms with van der Waals surface area (Å²) in [6.07, 6.45) is 0.592. The Morgan fingerprint density at radius 2 is 2.00 bits per heavy atom. The van der Waals surface area contributed by atoms with E-state index in [9.17, 15) is 9.59 Å². The van der Waals surface area contributed by atoms with E-state index in [1.54, 1.807) is 13.0 Å². The smallest absolute Gasteiger partial charge is 0.194 e. The Labute approximate surface area is 88.1 Å². The summed E-state index contributed by atoms with van der Waals surface area (Å²) >= 11 is 0. The van der Waals surface area contributed by atoms with Crippen LogP contribution in [0, 0.1) is 0 Å². The van der Waals surface area contributed by atoms with Gasteiger partial charge in [0.15, 0.2) is 17.8 Å². The van der Waals surface area contributed by atoms with Crippen molar-refractivity contribution in [1.82, 2.24) is 0 Å². The fraction of sp³-hybridized carbons (Fsp3) is 0.167. The van der Waals surface area contributed by atoms with Crippen LogP contribution in [-0.2, 0) is 4.79 Å². The van der Waals surface area contributed by atoms with Crippen LogP contribution in [0.15, 0.2) is 23.6 Å². The van der Waals surface area contributed by atoms with Crippen molar-refractivity contribution in [1.29, 1.82) is 0 Å². The summed E-state index contributed by atoms with van der Waals surface area (Å²) in [6, 6.07) is 1.58. The van der Waals surface area contributed by atoms with E-state index in [1.165, 1.54) is 6.92 Å². The number of carbonyl (C=O) groups is 2. The molecule has 3 nitrogen and oxygen atoms in total. The van der Waals surface area contributed by atoms with Gasteiger partial charge in [-0.05, 0) is 18.6 Å². The Morgan fingerprint density at radius 3 is 2.40 bits per heavy atom. The Morgan fingerprint density at radius 1 is 1.40 bits per heavy atom. The lowest BCUT2D eigenvalue weighted by Crippen LogP contribution is -1.86. The van der Waals surface area contributed by atoms with Crippen molar-refractivity contribution in [3.05, 3.63) is 36.3 Å². The average Bonchev–Trinajstić information content (AvgIpc) is 2.61. The monoisotopic (exact) mass is 204 g/mol. The Hall–Kier alpha value is -1.90. The number of ketones is 1. The molecule has 0 unspecified atom stereocenters. The van der Waals surface area contributed by atoms with Gasteiger partial charge in [0, 0.05) is 12.5 Å². The minimum absolute atomic E-state index is 0.192. The van der Waals surface area contributed by atoms with Crippen LogP contribution in [0.3, 0.4) is 0 Å². The minimum atomic E-state index is -0.192. The SMILES string of the molecule is C=C(C)c1cc(C(C)=O)oc1C(=C)C=O. The lowest BCUT2D eigenvalue weighted by molar-refractivity contribution is -0.103. The highest BCUT2D eigenvalue weighted by molar-refractivity contribution is 6.07. The predicted molar refractivity (Wildman–Crippen MR) is 58.5 cm³/mol. The molecule has 0 saturated carbocycles. The van der Waals surface area contributed by atoms with Crippen LogP contribution in [0.2, 0.25) is 0 Å². The predicted octanol–water partition coefficient (Wildman–Crippen LogP) is 2.73. The van der Waals surface area contributed by atoms with Gasteiger partial charge < -0.3 is 4.42 Å². The Kier molecular flexibility index (Phi) is 3.04. The van der Waals surface area contributed by atoms with Gasteiger partial charge in [-0.3, -0.25) is 9.59 Å². The van der Waals surface area contributed by atoms with E-state index < -0.39 is 0 Å². The third-order valence-electron chi connectivity index (χ3n) is 1.97. The Balaban J connectivity index is 3.35. The molecule has 0 radical (unpaired) electrons. The molecule has 0 N–H and O–H groups in total. The van der Waals surface area contributed by atoms with Crippen LogP contribution in [-0.4, -0.2) is 12.1 Å². The zero-order valence-corrected chi connectivity index (χ0v) is 8.79. The molecule has 0 saturated heterocycles. The second-order valence-electron chi connectivity index (χ2n) is 3.33. The molecular formula is C12H12O3. The first-order valence-corrected chi connectivity index (χ1v) is 4.42. The zero-order chi connectivity index (χ0) is 11.6. The largest absolute Gasteiger partial charge is 0.452 e. The van der Waals surface area contributed by atoms with Crippen molar-refractivity contribution in [3.63, 3.8) is 0 Å². The third-order valence-corrected chi connectivity index (χ3v) is 1.97. The summed E-state index contributed by atoms with van der Waals surface area (Å²) in [5.41, 5.74) is 1.59. The standard InChI is InChI=1S/C12H12O3/c1-7(2)10-5-11(9(4)14)15-12(10)8(3)6-13/h5-6H,1,3H2,2,4H3. The summed E-state index contributed by atoms with van der Waals surface area (Å²) in [6.45, 7) is 10.5. The summed E-state index contributed by atoms with van der Waals surface area (Å²) < 4.78 is 5.25. The molecule has 0 aliphatic rings. The number of aldehydes is 1. The molecule has 0 aromatic carbocycles. The molecule has 0 aliphatic heterocycles. The number of hydrogen-bond acceptors (Lipinski definition) is 3. The van der Waals surface area contributed by atoms with Crippen LogP contribution in [0.4, 0.5) is 0 Å². The van der Waals surface area contributed by atoms with Gasteiger partial charge in [-0.1, -0.05) is 13.2 Å². The number of Topliss-reactive ketones (excluding diaryl/α,β-unsaturated/α-hetero) is 1. The number of hydrogen-bond donors (Lipinski definition) is 0. The molecule has 1 rings (SSSR count). The molecule has 0 amide bonds. The van der Waals surface area contributed by atoms with E-state index in [4.69, 9.17) is 4.42 Å². The maximum Gasteiger partial charge on any atom is 0.194 e. The normalized spacial score (nSPS) is 9.73. The molecular weight excluding hydrogens is 192 g/mol. The molecule has 0 spiro atoms. The van der Waals surface area contributed by atoms with Gasteiger partial charge >= 0.3 is 0 Å². The molecule has 3 heteroatoms. The van der Waals surface area contributed by atoms with Crippen molar-refractivity contribution in [3.8, 4) is 0 Å². The molecule has 0 bridgehead atoms. The third kappa shape index (κ3) is 2.13.